The van der Waals surface area contributed by atoms with Crippen molar-refractivity contribution in [1.82, 2.24) is 0 Å². The molecule has 0 N–H and O–H groups in total. The number of ether oxygens (including phenoxy) is 14. The van der Waals surface area contributed by atoms with Gasteiger partial charge < -0.3 is 75.2 Å². The van der Waals surface area contributed by atoms with Crippen LogP contribution in [-0.4, -0.2) is 147 Å². The Bertz CT molecular complexity index is 3920. The topological polar surface area (TPSA) is 165 Å². The van der Waals surface area contributed by atoms with Gasteiger partial charge in [0.25, 0.3) is 0 Å². The van der Waals surface area contributed by atoms with Crippen molar-refractivity contribution < 1.29 is 80.0 Å². The molecule has 584 valence electrons. The molecule has 0 spiro atoms. The van der Waals surface area contributed by atoms with Gasteiger partial charge in [0, 0.05) is 0 Å². The van der Waals surface area contributed by atoms with E-state index >= 15 is 4.79 Å². The lowest BCUT2D eigenvalue weighted by atomic mass is 9.96. The summed E-state index contributed by atoms with van der Waals surface area (Å²) in [6, 6.07) is 77.0. The van der Waals surface area contributed by atoms with Crippen molar-refractivity contribution in [2.24, 2.45) is 0 Å². The molecule has 3 fully saturated rings. The fourth-order valence-electron chi connectivity index (χ4n) is 13.0. The number of benzene rings is 8. The van der Waals surface area contributed by atoms with Gasteiger partial charge in [0.15, 0.2) is 35.3 Å². The van der Waals surface area contributed by atoms with E-state index in [1.54, 1.807) is 19.2 Å². The minimum Gasteiger partial charge on any atom is -0.497 e. The van der Waals surface area contributed by atoms with E-state index in [-0.39, 0.29) is 69.5 Å². The SMILES string of the molecule is CCS[C@@H]1O[C@H](CO[C@H]2O[C@H](COCc3ccccc3)[C@@H](OCc3ccccc3)[C@H](OCc3ccccc3)[C@@H]2O[Si](C)(C)C(C)(C)C)[C@@H](OCc2ccc(OC)cc2)[C@H](O[C@H]2O[C@H](COCc3ccccc3)[C@@H](OCc3ccccc3)[C@H](OCc3ccccc3)[C@@H]2O[Si](C)(C)C(C)(C)C)[C@H]1OC(=O)c1ccccc1. The summed E-state index contributed by atoms with van der Waals surface area (Å²) in [6.07, 6.45) is -13.6. The first-order valence-electron chi connectivity index (χ1n) is 38.2. The average Bonchev–Trinajstić information content (AvgIpc) is 0.762. The summed E-state index contributed by atoms with van der Waals surface area (Å²) < 4.78 is 116. The predicted molar refractivity (Wildman–Crippen MR) is 429 cm³/mol. The van der Waals surface area contributed by atoms with Crippen molar-refractivity contribution in [2.45, 2.75) is 222 Å². The maximum Gasteiger partial charge on any atom is 0.338 e. The van der Waals surface area contributed by atoms with Crippen LogP contribution in [0.15, 0.2) is 237 Å². The number of carbonyl (C=O) groups excluding carboxylic acids is 1. The van der Waals surface area contributed by atoms with E-state index in [2.05, 4.69) is 67.7 Å². The third kappa shape index (κ3) is 23.4. The van der Waals surface area contributed by atoms with Crippen LogP contribution >= 0.6 is 11.8 Å². The summed E-state index contributed by atoms with van der Waals surface area (Å²) >= 11 is 1.47. The third-order valence-corrected chi connectivity index (χ3v) is 31.1. The molecular weight excluding hydrogens is 1430 g/mol. The van der Waals surface area contributed by atoms with Crippen LogP contribution in [0.5, 0.6) is 5.75 Å². The standard InChI is InChI=1S/C89H112O17SSi2/c1-13-107-87-83(103-84(90)70-47-33-20-34-48-70)80(104-86-82(106-109(11,12)89(5,6)7)79(98-58-68-45-31-19-32-46-68)76(95-56-66-41-27-17-28-42-66)73(101-86)61-93-54-64-37-23-15-24-38-64)77(96-59-69-49-51-71(91-8)52-50-69)74(102-87)62-99-85-81(105-108(9,10)88(2,3)4)78(97-57-67-43-29-18-30-44-67)75(94-55-65-39-25-16-26-40-65)72(100-85)60-92-53-63-35-21-14-22-36-63/h14-52,72-83,85-87H,13,53-62H2,1-12H3/t72-,73-,74-,75-,76-,77-,78+,79+,80+,81+,82+,83-,85+,86-,87+/m1/s1. The Labute approximate surface area is 652 Å². The molecular formula is C89H112O17SSi2. The fraction of sp³-hybridized carbons (Fsp3) is 0.449. The van der Waals surface area contributed by atoms with Gasteiger partial charge in [-0.3, -0.25) is 0 Å². The first kappa shape index (κ1) is 83.2. The normalized spacial score (nSPS) is 24.8. The molecule has 8 aromatic rings. The first-order chi connectivity index (χ1) is 52.6. The van der Waals surface area contributed by atoms with Crippen molar-refractivity contribution in [1.29, 1.82) is 0 Å². The Morgan fingerprint density at radius 1 is 0.367 bits per heavy atom. The van der Waals surface area contributed by atoms with Crippen LogP contribution in [-0.2, 0) is 117 Å². The maximum atomic E-state index is 15.2. The number of carbonyl (C=O) groups is 1. The van der Waals surface area contributed by atoms with Crippen LogP contribution in [0.25, 0.3) is 0 Å². The van der Waals surface area contributed by atoms with Crippen molar-refractivity contribution in [2.75, 3.05) is 32.7 Å². The second-order valence-electron chi connectivity index (χ2n) is 31.1. The van der Waals surface area contributed by atoms with Gasteiger partial charge >= 0.3 is 5.97 Å². The molecule has 3 aliphatic heterocycles. The van der Waals surface area contributed by atoms with Crippen LogP contribution in [0.4, 0.5) is 0 Å². The Kier molecular flexibility index (Phi) is 30.6. The Hall–Kier alpha value is -6.75. The quantitative estimate of drug-likeness (QED) is 0.0266. The molecule has 0 radical (unpaired) electrons. The van der Waals surface area contributed by atoms with Crippen molar-refractivity contribution in [3.05, 3.63) is 281 Å². The van der Waals surface area contributed by atoms with Crippen LogP contribution < -0.4 is 4.74 Å². The minimum atomic E-state index is -2.88. The lowest BCUT2D eigenvalue weighted by Crippen LogP contribution is -2.68. The molecule has 17 nitrogen and oxygen atoms in total. The van der Waals surface area contributed by atoms with Crippen molar-refractivity contribution >= 4 is 34.4 Å². The first-order valence-corrected chi connectivity index (χ1v) is 45.1. The van der Waals surface area contributed by atoms with Crippen molar-refractivity contribution in [3.8, 4) is 5.75 Å². The lowest BCUT2D eigenvalue weighted by molar-refractivity contribution is -0.352. The molecule has 0 aliphatic carbocycles. The molecule has 0 amide bonds. The highest BCUT2D eigenvalue weighted by Crippen LogP contribution is 2.45. The number of esters is 1. The summed E-state index contributed by atoms with van der Waals surface area (Å²) in [7, 11) is -4.03. The molecule has 8 aromatic carbocycles. The van der Waals surface area contributed by atoms with Crippen LogP contribution in [0.3, 0.4) is 0 Å². The van der Waals surface area contributed by atoms with Gasteiger partial charge in [-0.1, -0.05) is 261 Å². The van der Waals surface area contributed by atoms with Crippen LogP contribution in [0, 0.1) is 0 Å². The largest absolute Gasteiger partial charge is 0.497 e. The molecule has 0 unspecified atom stereocenters. The zero-order valence-corrected chi connectivity index (χ0v) is 68.1. The summed E-state index contributed by atoms with van der Waals surface area (Å²) in [5.74, 6) is 0.623. The zero-order chi connectivity index (χ0) is 76.8. The Morgan fingerprint density at radius 3 is 1.07 bits per heavy atom. The molecule has 0 saturated carbocycles. The number of hydrogen-bond acceptors (Lipinski definition) is 18. The maximum absolute atomic E-state index is 15.2. The lowest BCUT2D eigenvalue weighted by Gasteiger charge is -2.52. The van der Waals surface area contributed by atoms with Gasteiger partial charge in [-0.05, 0) is 105 Å². The summed E-state index contributed by atoms with van der Waals surface area (Å²) in [5.41, 5.74) is 6.06. The molecule has 11 rings (SSSR count). The van der Waals surface area contributed by atoms with Gasteiger partial charge in [0.05, 0.1) is 78.7 Å². The van der Waals surface area contributed by atoms with Gasteiger partial charge in [-0.2, -0.15) is 0 Å². The van der Waals surface area contributed by atoms with E-state index in [1.165, 1.54) is 11.8 Å². The molecule has 20 heteroatoms. The second-order valence-corrected chi connectivity index (χ2v) is 42.0. The van der Waals surface area contributed by atoms with E-state index in [0.717, 1.165) is 38.9 Å². The summed E-state index contributed by atoms with van der Waals surface area (Å²) in [6.45, 7) is 25.6. The summed E-state index contributed by atoms with van der Waals surface area (Å²) in [4.78, 5) is 15.2. The highest BCUT2D eigenvalue weighted by Gasteiger charge is 2.59. The highest BCUT2D eigenvalue weighted by atomic mass is 32.2. The molecule has 0 bridgehead atoms. The van der Waals surface area contributed by atoms with Gasteiger partial charge in [-0.15, -0.1) is 11.8 Å². The van der Waals surface area contributed by atoms with Crippen LogP contribution in [0.2, 0.25) is 36.3 Å². The van der Waals surface area contributed by atoms with Gasteiger partial charge in [-0.25, -0.2) is 4.79 Å². The molecule has 3 heterocycles. The number of hydrogen-bond donors (Lipinski definition) is 0. The number of rotatable bonds is 37. The molecule has 3 aliphatic rings. The average molecular weight is 1540 g/mol. The highest BCUT2D eigenvalue weighted by molar-refractivity contribution is 7.99. The molecule has 15 atom stereocenters. The van der Waals surface area contributed by atoms with Gasteiger partial charge in [0.1, 0.15) is 78.3 Å². The van der Waals surface area contributed by atoms with E-state index in [4.69, 9.17) is 75.2 Å². The number of methoxy groups -OCH3 is 1. The molecule has 109 heavy (non-hydrogen) atoms. The van der Waals surface area contributed by atoms with Gasteiger partial charge in [0.2, 0.25) is 0 Å². The third-order valence-electron chi connectivity index (χ3n) is 21.1. The number of thioether (sulfide) groups is 1. The van der Waals surface area contributed by atoms with E-state index in [1.807, 2.05) is 231 Å². The predicted octanol–water partition coefficient (Wildman–Crippen LogP) is 17.7. The second kappa shape index (κ2) is 40.1. The van der Waals surface area contributed by atoms with Crippen LogP contribution in [0.1, 0.15) is 97.8 Å². The van der Waals surface area contributed by atoms with Crippen molar-refractivity contribution in [3.63, 3.8) is 0 Å². The smallest absolute Gasteiger partial charge is 0.338 e. The van der Waals surface area contributed by atoms with E-state index < -0.39 is 114 Å². The monoisotopic (exact) mass is 1540 g/mol. The fourth-order valence-corrected chi connectivity index (χ4v) is 16.5. The minimum absolute atomic E-state index is 0.0383. The summed E-state index contributed by atoms with van der Waals surface area (Å²) in [5, 5.41) is -0.620. The molecule has 0 aromatic heterocycles. The van der Waals surface area contributed by atoms with E-state index in [9.17, 15) is 0 Å². The Morgan fingerprint density at radius 2 is 0.697 bits per heavy atom. The zero-order valence-electron chi connectivity index (χ0n) is 65.3. The molecule has 3 saturated heterocycles. The van der Waals surface area contributed by atoms with E-state index in [0.29, 0.717) is 23.7 Å². The Balaban J connectivity index is 1.05.